The van der Waals surface area contributed by atoms with E-state index in [4.69, 9.17) is 0 Å². The van der Waals surface area contributed by atoms with Gasteiger partial charge in [-0.1, -0.05) is 18.2 Å². The smallest absolute Gasteiger partial charge is 0.106 e. The normalized spacial score (nSPS) is 27.9. The molecule has 0 amide bonds. The summed E-state index contributed by atoms with van der Waals surface area (Å²) in [5, 5.41) is 12.0. The lowest BCUT2D eigenvalue weighted by atomic mass is 9.84. The number of rotatable bonds is 1. The molecule has 2 aromatic rings. The molecule has 0 spiro atoms. The molecule has 0 fully saturated rings. The number of nitrogens with zero attached hydrogens (tertiary/aromatic N) is 2. The Kier molecular flexibility index (Phi) is 2.12. The van der Waals surface area contributed by atoms with Gasteiger partial charge >= 0.3 is 0 Å². The molecule has 1 aromatic carbocycles. The average molecular weight is 230 g/mol. The van der Waals surface area contributed by atoms with Gasteiger partial charge in [0.2, 0.25) is 0 Å². The standard InChI is InChI=1S/C14H18N2O/c1-14(17)11-6-4-5-10-7-8-16(13(10)11)9-12(14)15(2)3/h4-8,12,17H,9H2,1-3H3/t12-,14?/m1/s1. The summed E-state index contributed by atoms with van der Waals surface area (Å²) >= 11 is 0. The zero-order valence-corrected chi connectivity index (χ0v) is 10.5. The molecule has 0 bridgehead atoms. The molecule has 17 heavy (non-hydrogen) atoms. The number of aromatic nitrogens is 1. The molecule has 3 nitrogen and oxygen atoms in total. The van der Waals surface area contributed by atoms with Crippen LogP contribution in [0.4, 0.5) is 0 Å². The van der Waals surface area contributed by atoms with Crippen molar-refractivity contribution in [3.8, 4) is 0 Å². The molecule has 1 aliphatic rings. The van der Waals surface area contributed by atoms with Crippen LogP contribution in [-0.4, -0.2) is 34.7 Å². The maximum Gasteiger partial charge on any atom is 0.106 e. The number of para-hydroxylation sites is 1. The van der Waals surface area contributed by atoms with Crippen molar-refractivity contribution >= 4 is 10.9 Å². The second kappa shape index (κ2) is 3.34. The molecule has 2 atom stereocenters. The number of aliphatic hydroxyl groups is 1. The van der Waals surface area contributed by atoms with Crippen LogP contribution in [0, 0.1) is 0 Å². The van der Waals surface area contributed by atoms with E-state index in [1.54, 1.807) is 0 Å². The van der Waals surface area contributed by atoms with Crippen molar-refractivity contribution in [2.24, 2.45) is 0 Å². The fraction of sp³-hybridized carbons (Fsp3) is 0.429. The lowest BCUT2D eigenvalue weighted by molar-refractivity contribution is -0.0333. The van der Waals surface area contributed by atoms with E-state index in [9.17, 15) is 5.11 Å². The van der Waals surface area contributed by atoms with Gasteiger partial charge in [0.1, 0.15) is 5.60 Å². The Bertz CT molecular complexity index is 569. The predicted octanol–water partition coefficient (Wildman–Crippen LogP) is 1.79. The predicted molar refractivity (Wildman–Crippen MR) is 69.0 cm³/mol. The molecular weight excluding hydrogens is 212 g/mol. The third-order valence-corrected chi connectivity index (χ3v) is 3.98. The zero-order chi connectivity index (χ0) is 12.2. The Balaban J connectivity index is 2.29. The van der Waals surface area contributed by atoms with Crippen LogP contribution in [0.3, 0.4) is 0 Å². The summed E-state index contributed by atoms with van der Waals surface area (Å²) in [4.78, 5) is 2.10. The van der Waals surface area contributed by atoms with Crippen LogP contribution in [-0.2, 0) is 12.1 Å². The maximum absolute atomic E-state index is 10.8. The van der Waals surface area contributed by atoms with Crippen LogP contribution < -0.4 is 0 Å². The van der Waals surface area contributed by atoms with Gasteiger partial charge in [0.05, 0.1) is 11.6 Å². The van der Waals surface area contributed by atoms with Crippen LogP contribution in [0.15, 0.2) is 30.5 Å². The van der Waals surface area contributed by atoms with Crippen molar-refractivity contribution in [3.63, 3.8) is 0 Å². The highest BCUT2D eigenvalue weighted by Crippen LogP contribution is 2.38. The van der Waals surface area contributed by atoms with Crippen molar-refractivity contribution < 1.29 is 5.11 Å². The Morgan fingerprint density at radius 2 is 2.12 bits per heavy atom. The minimum Gasteiger partial charge on any atom is -0.384 e. The van der Waals surface area contributed by atoms with Gasteiger partial charge in [-0.2, -0.15) is 0 Å². The number of likely N-dealkylation sites (N-methyl/N-ethyl adjacent to an activating group) is 1. The highest BCUT2D eigenvalue weighted by molar-refractivity contribution is 5.85. The molecule has 1 aliphatic heterocycles. The Morgan fingerprint density at radius 1 is 1.35 bits per heavy atom. The lowest BCUT2D eigenvalue weighted by Gasteiger charge is -2.41. The van der Waals surface area contributed by atoms with Gasteiger partial charge < -0.3 is 14.6 Å². The molecule has 1 aromatic heterocycles. The monoisotopic (exact) mass is 230 g/mol. The van der Waals surface area contributed by atoms with Gasteiger partial charge in [-0.25, -0.2) is 0 Å². The van der Waals surface area contributed by atoms with Crippen molar-refractivity contribution in [1.82, 2.24) is 9.47 Å². The topological polar surface area (TPSA) is 28.4 Å². The molecule has 3 rings (SSSR count). The van der Waals surface area contributed by atoms with Crippen molar-refractivity contribution in [1.29, 1.82) is 0 Å². The highest BCUT2D eigenvalue weighted by atomic mass is 16.3. The largest absolute Gasteiger partial charge is 0.384 e. The van der Waals surface area contributed by atoms with E-state index < -0.39 is 5.60 Å². The summed E-state index contributed by atoms with van der Waals surface area (Å²) in [5.41, 5.74) is 1.41. The lowest BCUT2D eigenvalue weighted by Crippen LogP contribution is -2.50. The molecule has 1 N–H and O–H groups in total. The van der Waals surface area contributed by atoms with Crippen LogP contribution in [0.2, 0.25) is 0 Å². The van der Waals surface area contributed by atoms with Gasteiger partial charge in [0, 0.05) is 18.3 Å². The molecule has 0 saturated heterocycles. The first-order valence-corrected chi connectivity index (χ1v) is 5.99. The van der Waals surface area contributed by atoms with E-state index in [1.165, 1.54) is 10.9 Å². The zero-order valence-electron chi connectivity index (χ0n) is 10.5. The minimum atomic E-state index is -0.794. The maximum atomic E-state index is 10.8. The minimum absolute atomic E-state index is 0.105. The van der Waals surface area contributed by atoms with E-state index in [1.807, 2.05) is 33.2 Å². The summed E-state index contributed by atoms with van der Waals surface area (Å²) in [5.74, 6) is 0. The van der Waals surface area contributed by atoms with Gasteiger partial charge in [0.15, 0.2) is 0 Å². The summed E-state index contributed by atoms with van der Waals surface area (Å²) in [7, 11) is 4.04. The highest BCUT2D eigenvalue weighted by Gasteiger charge is 2.40. The number of hydrogen-bond acceptors (Lipinski definition) is 2. The quantitative estimate of drug-likeness (QED) is 0.809. The van der Waals surface area contributed by atoms with Crippen molar-refractivity contribution in [3.05, 3.63) is 36.0 Å². The molecular formula is C14H18N2O. The van der Waals surface area contributed by atoms with Crippen LogP contribution in [0.1, 0.15) is 12.5 Å². The molecule has 3 heteroatoms. The Labute approximate surface area is 101 Å². The van der Waals surface area contributed by atoms with E-state index in [0.29, 0.717) is 0 Å². The molecule has 0 aliphatic carbocycles. The SMILES string of the molecule is CN(C)[C@@H]1Cn2ccc3cccc(c32)C1(C)O. The third-order valence-electron chi connectivity index (χ3n) is 3.98. The van der Waals surface area contributed by atoms with E-state index in [-0.39, 0.29) is 6.04 Å². The fourth-order valence-electron chi connectivity index (χ4n) is 3.03. The molecule has 2 heterocycles. The molecule has 90 valence electrons. The third kappa shape index (κ3) is 1.36. The first-order valence-electron chi connectivity index (χ1n) is 5.99. The summed E-state index contributed by atoms with van der Waals surface area (Å²) in [6.45, 7) is 2.75. The van der Waals surface area contributed by atoms with Gasteiger partial charge in [-0.05, 0) is 32.5 Å². The van der Waals surface area contributed by atoms with Crippen molar-refractivity contribution in [2.75, 3.05) is 14.1 Å². The molecule has 1 unspecified atom stereocenters. The summed E-state index contributed by atoms with van der Waals surface area (Å²) < 4.78 is 2.24. The first kappa shape index (κ1) is 10.8. The van der Waals surface area contributed by atoms with Gasteiger partial charge in [0.25, 0.3) is 0 Å². The van der Waals surface area contributed by atoms with Crippen LogP contribution in [0.5, 0.6) is 0 Å². The summed E-state index contributed by atoms with van der Waals surface area (Å²) in [6, 6.07) is 8.38. The molecule has 0 radical (unpaired) electrons. The number of hydrogen-bond donors (Lipinski definition) is 1. The van der Waals surface area contributed by atoms with E-state index in [2.05, 4.69) is 27.8 Å². The first-order chi connectivity index (χ1) is 8.01. The van der Waals surface area contributed by atoms with Crippen LogP contribution >= 0.6 is 0 Å². The Morgan fingerprint density at radius 3 is 2.82 bits per heavy atom. The van der Waals surface area contributed by atoms with E-state index in [0.717, 1.165) is 12.1 Å². The van der Waals surface area contributed by atoms with Gasteiger partial charge in [-0.15, -0.1) is 0 Å². The van der Waals surface area contributed by atoms with Crippen LogP contribution in [0.25, 0.3) is 10.9 Å². The Hall–Kier alpha value is -1.32. The second-order valence-corrected chi connectivity index (χ2v) is 5.34. The number of benzene rings is 1. The molecule has 0 saturated carbocycles. The second-order valence-electron chi connectivity index (χ2n) is 5.34. The van der Waals surface area contributed by atoms with Crippen molar-refractivity contribution in [2.45, 2.75) is 25.1 Å². The fourth-order valence-corrected chi connectivity index (χ4v) is 3.03. The summed E-state index contributed by atoms with van der Waals surface area (Å²) in [6.07, 6.45) is 2.11. The van der Waals surface area contributed by atoms with E-state index >= 15 is 0 Å². The van der Waals surface area contributed by atoms with Gasteiger partial charge in [-0.3, -0.25) is 0 Å². The average Bonchev–Trinajstić information content (AvgIpc) is 2.67.